The molecule has 2 N–H and O–H groups in total. The van der Waals surface area contributed by atoms with Crippen molar-refractivity contribution in [3.8, 4) is 0 Å². The number of pyridine rings is 1. The maximum absolute atomic E-state index is 13.0. The van der Waals surface area contributed by atoms with Gasteiger partial charge < -0.3 is 19.9 Å². The molecule has 2 aliphatic rings. The number of carbonyl (C=O) groups excluding carboxylic acids is 1. The lowest BCUT2D eigenvalue weighted by Crippen LogP contribution is -2.40. The predicted octanol–water partition coefficient (Wildman–Crippen LogP) is 2.45. The average molecular weight is 379 g/mol. The minimum atomic E-state index is 0. The van der Waals surface area contributed by atoms with Gasteiger partial charge in [0, 0.05) is 38.1 Å². The molecule has 2 aromatic rings. The monoisotopic (exact) mass is 378 g/mol. The van der Waals surface area contributed by atoms with Gasteiger partial charge in [-0.25, -0.2) is 0 Å². The minimum Gasteiger partial charge on any atom is -0.378 e. The fourth-order valence-electron chi connectivity index (χ4n) is 4.02. The molecule has 1 aliphatic heterocycles. The summed E-state index contributed by atoms with van der Waals surface area (Å²) in [6.07, 6.45) is 8.29. The van der Waals surface area contributed by atoms with Crippen LogP contribution in [0.5, 0.6) is 0 Å². The number of fused-ring (bicyclic) bond motifs is 1. The molecule has 142 valence electrons. The first-order valence-corrected chi connectivity index (χ1v) is 9.29. The Morgan fingerprint density at radius 3 is 2.69 bits per heavy atom. The van der Waals surface area contributed by atoms with Crippen LogP contribution in [0.3, 0.4) is 0 Å². The second kappa shape index (κ2) is 8.37. The summed E-state index contributed by atoms with van der Waals surface area (Å²) >= 11 is 0. The fourth-order valence-corrected chi connectivity index (χ4v) is 4.02. The molecule has 0 radical (unpaired) electrons. The first-order chi connectivity index (χ1) is 12.2. The zero-order valence-corrected chi connectivity index (χ0v) is 15.8. The average Bonchev–Trinajstić information content (AvgIpc) is 3.02. The normalized spacial score (nSPS) is 23.7. The quantitative estimate of drug-likeness (QED) is 0.890. The molecule has 1 amide bonds. The van der Waals surface area contributed by atoms with Gasteiger partial charge in [0.1, 0.15) is 5.52 Å². The van der Waals surface area contributed by atoms with E-state index in [0.717, 1.165) is 43.3 Å². The van der Waals surface area contributed by atoms with E-state index in [1.54, 1.807) is 6.20 Å². The van der Waals surface area contributed by atoms with Gasteiger partial charge in [-0.3, -0.25) is 9.78 Å². The van der Waals surface area contributed by atoms with Crippen LogP contribution in [-0.2, 0) is 11.3 Å². The molecule has 1 aliphatic carbocycles. The summed E-state index contributed by atoms with van der Waals surface area (Å²) in [7, 11) is 0. The molecule has 0 aromatic carbocycles. The summed E-state index contributed by atoms with van der Waals surface area (Å²) < 4.78 is 7.58. The number of halogens is 1. The number of hydrogen-bond donors (Lipinski definition) is 1. The predicted molar refractivity (Wildman–Crippen MR) is 104 cm³/mol. The number of aromatic nitrogens is 2. The lowest BCUT2D eigenvalue weighted by molar-refractivity contribution is 0.0304. The Morgan fingerprint density at radius 1 is 1.23 bits per heavy atom. The van der Waals surface area contributed by atoms with Gasteiger partial charge in [0.25, 0.3) is 5.91 Å². The number of morpholine rings is 1. The van der Waals surface area contributed by atoms with E-state index >= 15 is 0 Å². The smallest absolute Gasteiger partial charge is 0.257 e. The van der Waals surface area contributed by atoms with Crippen molar-refractivity contribution in [2.24, 2.45) is 11.7 Å². The molecule has 26 heavy (non-hydrogen) atoms. The van der Waals surface area contributed by atoms with Crippen LogP contribution >= 0.6 is 12.4 Å². The summed E-state index contributed by atoms with van der Waals surface area (Å²) in [5, 5.41) is 0. The van der Waals surface area contributed by atoms with Crippen molar-refractivity contribution < 1.29 is 9.53 Å². The third kappa shape index (κ3) is 3.87. The highest BCUT2D eigenvalue weighted by Crippen LogP contribution is 2.28. The van der Waals surface area contributed by atoms with Crippen LogP contribution in [0.15, 0.2) is 24.5 Å². The molecule has 3 heterocycles. The van der Waals surface area contributed by atoms with Crippen LogP contribution in [0, 0.1) is 5.92 Å². The number of amides is 1. The fraction of sp³-hybridized carbons (Fsp3) is 0.579. The topological polar surface area (TPSA) is 73.4 Å². The molecule has 0 bridgehead atoms. The molecule has 0 unspecified atom stereocenters. The molecule has 4 rings (SSSR count). The summed E-state index contributed by atoms with van der Waals surface area (Å²) in [6, 6.07) is 4.36. The molecule has 0 spiro atoms. The second-order valence-electron chi connectivity index (χ2n) is 7.25. The van der Waals surface area contributed by atoms with Gasteiger partial charge in [-0.2, -0.15) is 0 Å². The van der Waals surface area contributed by atoms with Crippen molar-refractivity contribution in [3.63, 3.8) is 0 Å². The van der Waals surface area contributed by atoms with Crippen molar-refractivity contribution in [1.82, 2.24) is 14.5 Å². The Labute approximate surface area is 160 Å². The van der Waals surface area contributed by atoms with E-state index in [1.165, 1.54) is 0 Å². The number of rotatable bonds is 3. The molecular formula is C19H27ClN4O2. The molecular weight excluding hydrogens is 352 g/mol. The van der Waals surface area contributed by atoms with Crippen LogP contribution in [0.2, 0.25) is 0 Å². The van der Waals surface area contributed by atoms with E-state index in [2.05, 4.69) is 15.6 Å². The molecule has 1 saturated carbocycles. The first kappa shape index (κ1) is 19.1. The molecule has 1 saturated heterocycles. The van der Waals surface area contributed by atoms with Gasteiger partial charge in [0.05, 0.1) is 24.3 Å². The molecule has 7 heteroatoms. The van der Waals surface area contributed by atoms with Crippen LogP contribution < -0.4 is 5.73 Å². The molecule has 0 atom stereocenters. The maximum Gasteiger partial charge on any atom is 0.257 e. The summed E-state index contributed by atoms with van der Waals surface area (Å²) in [5.74, 6) is 0.693. The largest absolute Gasteiger partial charge is 0.378 e. The van der Waals surface area contributed by atoms with E-state index in [0.29, 0.717) is 43.8 Å². The zero-order valence-electron chi connectivity index (χ0n) is 15.0. The molecule has 2 aromatic heterocycles. The summed E-state index contributed by atoms with van der Waals surface area (Å²) in [6.45, 7) is 3.46. The van der Waals surface area contributed by atoms with Gasteiger partial charge in [-0.05, 0) is 43.7 Å². The molecule has 2 fully saturated rings. The van der Waals surface area contributed by atoms with Gasteiger partial charge in [0.15, 0.2) is 0 Å². The lowest BCUT2D eigenvalue weighted by atomic mass is 9.86. The Morgan fingerprint density at radius 2 is 1.96 bits per heavy atom. The third-order valence-electron chi connectivity index (χ3n) is 5.51. The standard InChI is InChI=1S/C19H26N4O2.ClH/c20-15-5-3-14(4-6-15)12-23-13-16(18-17(23)2-1-7-21-18)19(24)22-8-10-25-11-9-22;/h1-2,7,13-15H,3-6,8-12,20H2;1H. The van der Waals surface area contributed by atoms with Crippen LogP contribution in [0.4, 0.5) is 0 Å². The van der Waals surface area contributed by atoms with Gasteiger partial charge in [0.2, 0.25) is 0 Å². The molecule has 6 nitrogen and oxygen atoms in total. The number of nitrogens with zero attached hydrogens (tertiary/aromatic N) is 3. The maximum atomic E-state index is 13.0. The van der Waals surface area contributed by atoms with Crippen molar-refractivity contribution in [1.29, 1.82) is 0 Å². The number of ether oxygens (including phenoxy) is 1. The van der Waals surface area contributed by atoms with Crippen molar-refractivity contribution in [2.75, 3.05) is 26.3 Å². The third-order valence-corrected chi connectivity index (χ3v) is 5.51. The summed E-state index contributed by atoms with van der Waals surface area (Å²) in [5.41, 5.74) is 8.60. The first-order valence-electron chi connectivity index (χ1n) is 9.29. The van der Waals surface area contributed by atoms with Gasteiger partial charge in [-0.15, -0.1) is 12.4 Å². The number of nitrogens with two attached hydrogens (primary N) is 1. The Kier molecular flexibility index (Phi) is 6.16. The van der Waals surface area contributed by atoms with E-state index in [4.69, 9.17) is 10.5 Å². The van der Waals surface area contributed by atoms with Crippen LogP contribution in [0.1, 0.15) is 36.0 Å². The lowest BCUT2D eigenvalue weighted by Gasteiger charge is -2.27. The zero-order chi connectivity index (χ0) is 17.2. The Hall–Kier alpha value is -1.63. The Bertz CT molecular complexity index is 749. The van der Waals surface area contributed by atoms with Crippen molar-refractivity contribution >= 4 is 29.3 Å². The van der Waals surface area contributed by atoms with Crippen molar-refractivity contribution in [2.45, 2.75) is 38.3 Å². The van der Waals surface area contributed by atoms with Gasteiger partial charge >= 0.3 is 0 Å². The minimum absolute atomic E-state index is 0. The van der Waals surface area contributed by atoms with E-state index in [-0.39, 0.29) is 18.3 Å². The number of hydrogen-bond acceptors (Lipinski definition) is 4. The highest BCUT2D eigenvalue weighted by Gasteiger charge is 2.25. The highest BCUT2D eigenvalue weighted by atomic mass is 35.5. The van der Waals surface area contributed by atoms with Crippen molar-refractivity contribution in [3.05, 3.63) is 30.1 Å². The summed E-state index contributed by atoms with van der Waals surface area (Å²) in [4.78, 5) is 19.3. The second-order valence-corrected chi connectivity index (χ2v) is 7.25. The van der Waals surface area contributed by atoms with Crippen LogP contribution in [0.25, 0.3) is 11.0 Å². The van der Waals surface area contributed by atoms with Crippen LogP contribution in [-0.4, -0.2) is 52.7 Å². The van der Waals surface area contributed by atoms with E-state index in [1.807, 2.05) is 17.2 Å². The van der Waals surface area contributed by atoms with E-state index in [9.17, 15) is 4.79 Å². The highest BCUT2D eigenvalue weighted by molar-refractivity contribution is 6.05. The Balaban J connectivity index is 0.00000196. The number of carbonyl (C=O) groups is 1. The van der Waals surface area contributed by atoms with Gasteiger partial charge in [-0.1, -0.05) is 0 Å². The SMILES string of the molecule is Cl.NC1CCC(Cn2cc(C(=O)N3CCOCC3)c3ncccc32)CC1. The van der Waals surface area contributed by atoms with E-state index < -0.39 is 0 Å².